The number of hydrogen-bond donors (Lipinski definition) is 1. The van der Waals surface area contributed by atoms with Crippen molar-refractivity contribution in [1.29, 1.82) is 0 Å². The fourth-order valence-corrected chi connectivity index (χ4v) is 3.62. The molecule has 2 aromatic rings. The minimum atomic E-state index is -0.728. The van der Waals surface area contributed by atoms with Gasteiger partial charge in [-0.15, -0.1) is 0 Å². The van der Waals surface area contributed by atoms with Crippen molar-refractivity contribution in [3.05, 3.63) is 69.7 Å². The fraction of sp³-hybridized carbons (Fsp3) is 0.273. The minimum Gasteiger partial charge on any atom is -0.507 e. The van der Waals surface area contributed by atoms with Crippen molar-refractivity contribution >= 4 is 33.4 Å². The Hall–Kier alpha value is -2.64. The Labute approximate surface area is 177 Å². The lowest BCUT2D eigenvalue weighted by Gasteiger charge is -2.25. The third kappa shape index (κ3) is 4.36. The van der Waals surface area contributed by atoms with Gasteiger partial charge in [0.15, 0.2) is 0 Å². The van der Waals surface area contributed by atoms with E-state index in [1.54, 1.807) is 36.4 Å². The van der Waals surface area contributed by atoms with Crippen LogP contribution < -0.4 is 4.74 Å². The number of ether oxygens (including phenoxy) is 2. The topological polar surface area (TPSA) is 76.1 Å². The van der Waals surface area contributed by atoms with E-state index in [9.17, 15) is 14.7 Å². The molecule has 3 rings (SSSR count). The summed E-state index contributed by atoms with van der Waals surface area (Å²) in [5.74, 6) is -0.950. The number of carbonyl (C=O) groups excluding carboxylic acids is 2. The number of rotatable bonds is 7. The van der Waals surface area contributed by atoms with E-state index in [2.05, 4.69) is 15.9 Å². The first-order chi connectivity index (χ1) is 14.0. The van der Waals surface area contributed by atoms with Gasteiger partial charge in [0.2, 0.25) is 0 Å². The molecule has 1 saturated heterocycles. The molecule has 1 fully saturated rings. The summed E-state index contributed by atoms with van der Waals surface area (Å²) in [6.45, 7) is 2.87. The number of halogens is 1. The van der Waals surface area contributed by atoms with Gasteiger partial charge in [0, 0.05) is 23.7 Å². The fourth-order valence-electron chi connectivity index (χ4n) is 3.35. The van der Waals surface area contributed by atoms with Crippen LogP contribution in [-0.2, 0) is 14.3 Å². The van der Waals surface area contributed by atoms with Crippen LogP contribution in [0, 0.1) is 0 Å². The van der Waals surface area contributed by atoms with Crippen molar-refractivity contribution in [1.82, 2.24) is 4.90 Å². The molecule has 0 bridgehead atoms. The SMILES string of the molecule is CCOc1cccc(C2/C(=C(/O)c3ccc(Br)cc3)C(=O)C(=O)N2CCOC)c1. The monoisotopic (exact) mass is 459 g/mol. The molecule has 1 aliphatic rings. The first-order valence-corrected chi connectivity index (χ1v) is 10.0. The average Bonchev–Trinajstić information content (AvgIpc) is 2.97. The Kier molecular flexibility index (Phi) is 6.71. The maximum Gasteiger partial charge on any atom is 0.295 e. The predicted molar refractivity (Wildman–Crippen MR) is 113 cm³/mol. The van der Waals surface area contributed by atoms with Gasteiger partial charge < -0.3 is 19.5 Å². The van der Waals surface area contributed by atoms with E-state index in [0.29, 0.717) is 23.5 Å². The molecule has 0 saturated carbocycles. The van der Waals surface area contributed by atoms with Crippen LogP contribution in [0.15, 0.2) is 58.6 Å². The summed E-state index contributed by atoms with van der Waals surface area (Å²) in [7, 11) is 1.53. The molecule has 1 heterocycles. The van der Waals surface area contributed by atoms with Gasteiger partial charge in [0.05, 0.1) is 24.8 Å². The van der Waals surface area contributed by atoms with Gasteiger partial charge in [-0.1, -0.05) is 40.2 Å². The van der Waals surface area contributed by atoms with E-state index in [1.807, 2.05) is 19.1 Å². The number of ketones is 1. The highest BCUT2D eigenvalue weighted by atomic mass is 79.9. The summed E-state index contributed by atoms with van der Waals surface area (Å²) in [5.41, 5.74) is 1.20. The standard InChI is InChI=1S/C22H22BrNO5/c1-3-29-17-6-4-5-15(13-17)19-18(20(25)14-7-9-16(23)10-8-14)21(26)22(27)24(19)11-12-28-2/h4-10,13,19,25H,3,11-12H2,1-2H3/b20-18-. The van der Waals surface area contributed by atoms with Crippen molar-refractivity contribution < 1.29 is 24.2 Å². The zero-order valence-corrected chi connectivity index (χ0v) is 17.8. The zero-order valence-electron chi connectivity index (χ0n) is 16.2. The Balaban J connectivity index is 2.14. The Bertz CT molecular complexity index is 938. The lowest BCUT2D eigenvalue weighted by atomic mass is 9.95. The molecule has 2 aromatic carbocycles. The summed E-state index contributed by atoms with van der Waals surface area (Å²) >= 11 is 3.35. The Morgan fingerprint density at radius 3 is 2.55 bits per heavy atom. The summed E-state index contributed by atoms with van der Waals surface area (Å²) < 4.78 is 11.5. The molecule has 0 spiro atoms. The van der Waals surface area contributed by atoms with E-state index >= 15 is 0 Å². The number of methoxy groups -OCH3 is 1. The maximum absolute atomic E-state index is 12.9. The summed E-state index contributed by atoms with van der Waals surface area (Å²) in [4.78, 5) is 27.0. The summed E-state index contributed by atoms with van der Waals surface area (Å²) in [6, 6.07) is 13.4. The molecular weight excluding hydrogens is 438 g/mol. The summed E-state index contributed by atoms with van der Waals surface area (Å²) in [6.07, 6.45) is 0. The molecule has 6 nitrogen and oxygen atoms in total. The molecule has 29 heavy (non-hydrogen) atoms. The number of aliphatic hydroxyl groups is 1. The van der Waals surface area contributed by atoms with Gasteiger partial charge in [-0.25, -0.2) is 0 Å². The number of benzene rings is 2. The third-order valence-electron chi connectivity index (χ3n) is 4.68. The van der Waals surface area contributed by atoms with Crippen LogP contribution in [0.5, 0.6) is 5.75 Å². The minimum absolute atomic E-state index is 0.0575. The van der Waals surface area contributed by atoms with E-state index < -0.39 is 17.7 Å². The molecule has 1 aliphatic heterocycles. The van der Waals surface area contributed by atoms with Gasteiger partial charge in [0.1, 0.15) is 11.5 Å². The van der Waals surface area contributed by atoms with Crippen molar-refractivity contribution in [3.63, 3.8) is 0 Å². The van der Waals surface area contributed by atoms with E-state index in [-0.39, 0.29) is 24.5 Å². The lowest BCUT2D eigenvalue weighted by Crippen LogP contribution is -2.32. The van der Waals surface area contributed by atoms with Crippen LogP contribution in [0.1, 0.15) is 24.1 Å². The molecule has 1 unspecified atom stereocenters. The molecule has 7 heteroatoms. The summed E-state index contributed by atoms with van der Waals surface area (Å²) in [5, 5.41) is 10.9. The van der Waals surface area contributed by atoms with Gasteiger partial charge in [-0.2, -0.15) is 0 Å². The predicted octanol–water partition coefficient (Wildman–Crippen LogP) is 3.92. The molecule has 0 radical (unpaired) electrons. The van der Waals surface area contributed by atoms with Crippen LogP contribution in [0.3, 0.4) is 0 Å². The van der Waals surface area contributed by atoms with Crippen LogP contribution in [0.25, 0.3) is 5.76 Å². The van der Waals surface area contributed by atoms with Gasteiger partial charge in [-0.05, 0) is 36.8 Å². The smallest absolute Gasteiger partial charge is 0.295 e. The Morgan fingerprint density at radius 1 is 1.17 bits per heavy atom. The van der Waals surface area contributed by atoms with Crippen molar-refractivity contribution in [2.75, 3.05) is 26.9 Å². The van der Waals surface area contributed by atoms with Gasteiger partial charge >= 0.3 is 0 Å². The van der Waals surface area contributed by atoms with Gasteiger partial charge in [0.25, 0.3) is 11.7 Å². The number of Topliss-reactive ketones (excluding diaryl/α,β-unsaturated/α-hetero) is 1. The number of aliphatic hydroxyl groups excluding tert-OH is 1. The number of carbonyl (C=O) groups is 2. The molecule has 0 aliphatic carbocycles. The van der Waals surface area contributed by atoms with Crippen molar-refractivity contribution in [2.24, 2.45) is 0 Å². The zero-order chi connectivity index (χ0) is 21.0. The second kappa shape index (κ2) is 9.24. The average molecular weight is 460 g/mol. The first-order valence-electron chi connectivity index (χ1n) is 9.24. The number of hydrogen-bond acceptors (Lipinski definition) is 5. The molecule has 1 atom stereocenters. The van der Waals surface area contributed by atoms with E-state index in [1.165, 1.54) is 12.0 Å². The molecule has 0 aromatic heterocycles. The lowest BCUT2D eigenvalue weighted by molar-refractivity contribution is -0.140. The normalized spacial score (nSPS) is 18.3. The number of amides is 1. The highest BCUT2D eigenvalue weighted by molar-refractivity contribution is 9.10. The van der Waals surface area contributed by atoms with Crippen LogP contribution in [-0.4, -0.2) is 48.6 Å². The quantitative estimate of drug-likeness (QED) is 0.385. The van der Waals surface area contributed by atoms with E-state index in [4.69, 9.17) is 9.47 Å². The second-order valence-electron chi connectivity index (χ2n) is 6.50. The molecular formula is C22H22BrNO5. The van der Waals surface area contributed by atoms with Crippen LogP contribution in [0.2, 0.25) is 0 Å². The molecule has 152 valence electrons. The maximum atomic E-state index is 12.9. The number of nitrogens with zero attached hydrogens (tertiary/aromatic N) is 1. The highest BCUT2D eigenvalue weighted by Crippen LogP contribution is 2.40. The van der Waals surface area contributed by atoms with E-state index in [0.717, 1.165) is 4.47 Å². The largest absolute Gasteiger partial charge is 0.507 e. The van der Waals surface area contributed by atoms with Crippen LogP contribution in [0.4, 0.5) is 0 Å². The molecule has 1 N–H and O–H groups in total. The second-order valence-corrected chi connectivity index (χ2v) is 7.41. The Morgan fingerprint density at radius 2 is 1.90 bits per heavy atom. The third-order valence-corrected chi connectivity index (χ3v) is 5.21. The van der Waals surface area contributed by atoms with Crippen molar-refractivity contribution in [2.45, 2.75) is 13.0 Å². The van der Waals surface area contributed by atoms with Gasteiger partial charge in [-0.3, -0.25) is 9.59 Å². The molecule has 1 amide bonds. The highest BCUT2D eigenvalue weighted by Gasteiger charge is 2.45. The first kappa shape index (κ1) is 21.1. The number of likely N-dealkylation sites (tertiary alicyclic amines) is 1. The van der Waals surface area contributed by atoms with Crippen molar-refractivity contribution in [3.8, 4) is 5.75 Å². The van der Waals surface area contributed by atoms with Crippen LogP contribution >= 0.6 is 15.9 Å².